The number of amides is 1. The van der Waals surface area contributed by atoms with Crippen molar-refractivity contribution in [2.24, 2.45) is 5.92 Å². The highest BCUT2D eigenvalue weighted by Gasteiger charge is 2.36. The van der Waals surface area contributed by atoms with Gasteiger partial charge in [0.15, 0.2) is 0 Å². The normalized spacial score (nSPS) is 29.4. The molecule has 0 aromatic rings. The van der Waals surface area contributed by atoms with Crippen molar-refractivity contribution < 1.29 is 14.0 Å². The van der Waals surface area contributed by atoms with E-state index in [-0.39, 0.29) is 11.8 Å². The topological polar surface area (TPSA) is 29.5 Å². The van der Waals surface area contributed by atoms with E-state index in [4.69, 9.17) is 0 Å². The first-order valence-electron chi connectivity index (χ1n) is 3.61. The second-order valence-electron chi connectivity index (χ2n) is 2.78. The summed E-state index contributed by atoms with van der Waals surface area (Å²) in [4.78, 5) is 15.8. The van der Waals surface area contributed by atoms with Gasteiger partial charge in [0.2, 0.25) is 5.91 Å². The van der Waals surface area contributed by atoms with Crippen molar-refractivity contribution in [3.8, 4) is 0 Å². The monoisotopic (exact) mass is 161 g/mol. The van der Waals surface area contributed by atoms with Crippen LogP contribution in [0.5, 0.6) is 0 Å². The van der Waals surface area contributed by atoms with Crippen molar-refractivity contribution in [2.75, 3.05) is 14.2 Å². The van der Waals surface area contributed by atoms with E-state index in [2.05, 4.69) is 4.84 Å². The zero-order valence-corrected chi connectivity index (χ0v) is 6.71. The van der Waals surface area contributed by atoms with Crippen molar-refractivity contribution in [2.45, 2.75) is 19.0 Å². The average Bonchev–Trinajstić information content (AvgIpc) is 1.96. The number of carbonyl (C=O) groups excluding carboxylic acids is 1. The van der Waals surface area contributed by atoms with Gasteiger partial charge in [0.05, 0.1) is 7.11 Å². The van der Waals surface area contributed by atoms with Crippen LogP contribution < -0.4 is 0 Å². The summed E-state index contributed by atoms with van der Waals surface area (Å²) in [6.45, 7) is 0. The summed E-state index contributed by atoms with van der Waals surface area (Å²) < 4.78 is 12.3. The molecule has 0 aromatic heterocycles. The highest BCUT2D eigenvalue weighted by Crippen LogP contribution is 2.31. The van der Waals surface area contributed by atoms with Crippen LogP contribution in [0.3, 0.4) is 0 Å². The molecule has 0 aliphatic heterocycles. The Bertz CT molecular complexity index is 157. The molecule has 4 heteroatoms. The molecule has 1 amide bonds. The Labute approximate surface area is 65.1 Å². The number of nitrogens with zero attached hydrogens (tertiary/aromatic N) is 1. The standard InChI is InChI=1S/C7H12FNO2/c1-9(11-2)7(10)5-3-6(8)4-5/h5-6H,3-4H2,1-2H3. The van der Waals surface area contributed by atoms with Gasteiger partial charge in [0.1, 0.15) is 6.17 Å². The van der Waals surface area contributed by atoms with Crippen LogP contribution in [0.1, 0.15) is 12.8 Å². The van der Waals surface area contributed by atoms with E-state index in [1.165, 1.54) is 14.2 Å². The predicted octanol–water partition coefficient (Wildman–Crippen LogP) is 0.754. The Morgan fingerprint density at radius 1 is 1.64 bits per heavy atom. The van der Waals surface area contributed by atoms with Gasteiger partial charge in [-0.15, -0.1) is 0 Å². The number of hydrogen-bond acceptors (Lipinski definition) is 2. The van der Waals surface area contributed by atoms with E-state index in [0.717, 1.165) is 5.06 Å². The van der Waals surface area contributed by atoms with Gasteiger partial charge in [0.25, 0.3) is 0 Å². The van der Waals surface area contributed by atoms with Gasteiger partial charge in [-0.1, -0.05) is 0 Å². The molecular weight excluding hydrogens is 149 g/mol. The summed E-state index contributed by atoms with van der Waals surface area (Å²) in [6.07, 6.45) is -0.0757. The Morgan fingerprint density at radius 2 is 2.18 bits per heavy atom. The first kappa shape index (κ1) is 8.46. The van der Waals surface area contributed by atoms with E-state index in [0.29, 0.717) is 12.8 Å². The molecule has 1 rings (SSSR count). The van der Waals surface area contributed by atoms with Crippen molar-refractivity contribution in [3.63, 3.8) is 0 Å². The Balaban J connectivity index is 2.31. The zero-order chi connectivity index (χ0) is 8.43. The van der Waals surface area contributed by atoms with Crippen molar-refractivity contribution >= 4 is 5.91 Å². The van der Waals surface area contributed by atoms with Gasteiger partial charge in [-0.05, 0) is 12.8 Å². The first-order chi connectivity index (χ1) is 5.15. The SMILES string of the molecule is CON(C)C(=O)C1CC(F)C1. The van der Waals surface area contributed by atoms with Crippen LogP contribution in [0.15, 0.2) is 0 Å². The summed E-state index contributed by atoms with van der Waals surface area (Å²) in [5.41, 5.74) is 0. The number of hydrogen-bond donors (Lipinski definition) is 0. The molecule has 0 N–H and O–H groups in total. The molecule has 1 fully saturated rings. The van der Waals surface area contributed by atoms with Crippen LogP contribution in [0.2, 0.25) is 0 Å². The van der Waals surface area contributed by atoms with E-state index >= 15 is 0 Å². The zero-order valence-electron chi connectivity index (χ0n) is 6.71. The number of carbonyl (C=O) groups is 1. The fourth-order valence-corrected chi connectivity index (χ4v) is 1.10. The van der Waals surface area contributed by atoms with E-state index in [1.807, 2.05) is 0 Å². The van der Waals surface area contributed by atoms with Crippen LogP contribution in [0, 0.1) is 5.92 Å². The average molecular weight is 161 g/mol. The summed E-state index contributed by atoms with van der Waals surface area (Å²) in [6, 6.07) is 0. The molecule has 11 heavy (non-hydrogen) atoms. The van der Waals surface area contributed by atoms with Gasteiger partial charge in [-0.25, -0.2) is 9.45 Å². The molecule has 0 bridgehead atoms. The van der Waals surface area contributed by atoms with E-state index in [1.54, 1.807) is 0 Å². The van der Waals surface area contributed by atoms with Crippen molar-refractivity contribution in [3.05, 3.63) is 0 Å². The highest BCUT2D eigenvalue weighted by atomic mass is 19.1. The maximum absolute atomic E-state index is 12.3. The number of halogens is 1. The molecule has 0 atom stereocenters. The molecule has 1 saturated carbocycles. The molecule has 64 valence electrons. The Hall–Kier alpha value is -0.640. The molecular formula is C7H12FNO2. The van der Waals surface area contributed by atoms with E-state index < -0.39 is 6.17 Å². The molecule has 0 aromatic carbocycles. The molecule has 0 saturated heterocycles. The smallest absolute Gasteiger partial charge is 0.249 e. The van der Waals surface area contributed by atoms with Gasteiger partial charge < -0.3 is 0 Å². The maximum atomic E-state index is 12.3. The second-order valence-corrected chi connectivity index (χ2v) is 2.78. The second kappa shape index (κ2) is 3.17. The summed E-state index contributed by atoms with van der Waals surface area (Å²) in [7, 11) is 2.96. The summed E-state index contributed by atoms with van der Waals surface area (Å²) in [5.74, 6) is -0.281. The largest absolute Gasteiger partial charge is 0.275 e. The lowest BCUT2D eigenvalue weighted by atomic mass is 9.83. The lowest BCUT2D eigenvalue weighted by molar-refractivity contribution is -0.178. The minimum atomic E-state index is -0.783. The van der Waals surface area contributed by atoms with Gasteiger partial charge in [0, 0.05) is 13.0 Å². The lowest BCUT2D eigenvalue weighted by Crippen LogP contribution is -2.40. The Kier molecular flexibility index (Phi) is 2.44. The first-order valence-corrected chi connectivity index (χ1v) is 3.61. The molecule has 0 heterocycles. The molecule has 1 aliphatic carbocycles. The molecule has 3 nitrogen and oxygen atoms in total. The lowest BCUT2D eigenvalue weighted by Gasteiger charge is -2.30. The minimum absolute atomic E-state index is 0.124. The van der Waals surface area contributed by atoms with E-state index in [9.17, 15) is 9.18 Å². The molecule has 0 unspecified atom stereocenters. The fourth-order valence-electron chi connectivity index (χ4n) is 1.10. The predicted molar refractivity (Wildman–Crippen MR) is 37.4 cm³/mol. The maximum Gasteiger partial charge on any atom is 0.249 e. The summed E-state index contributed by atoms with van der Waals surface area (Å²) in [5, 5.41) is 1.15. The van der Waals surface area contributed by atoms with Crippen molar-refractivity contribution in [1.82, 2.24) is 5.06 Å². The third-order valence-corrected chi connectivity index (χ3v) is 2.01. The molecule has 0 radical (unpaired) electrons. The third kappa shape index (κ3) is 1.68. The minimum Gasteiger partial charge on any atom is -0.275 e. The Morgan fingerprint density at radius 3 is 2.55 bits per heavy atom. The van der Waals surface area contributed by atoms with Gasteiger partial charge in [-0.3, -0.25) is 9.63 Å². The van der Waals surface area contributed by atoms with Crippen LogP contribution >= 0.6 is 0 Å². The summed E-state index contributed by atoms with van der Waals surface area (Å²) >= 11 is 0. The molecule has 0 spiro atoms. The highest BCUT2D eigenvalue weighted by molar-refractivity contribution is 5.78. The van der Waals surface area contributed by atoms with Crippen LogP contribution in [0.4, 0.5) is 4.39 Å². The van der Waals surface area contributed by atoms with Crippen LogP contribution in [-0.4, -0.2) is 31.3 Å². The number of alkyl halides is 1. The number of hydroxylamine groups is 2. The van der Waals surface area contributed by atoms with Gasteiger partial charge >= 0.3 is 0 Å². The van der Waals surface area contributed by atoms with Crippen molar-refractivity contribution in [1.29, 1.82) is 0 Å². The van der Waals surface area contributed by atoms with Crippen LogP contribution in [-0.2, 0) is 9.63 Å². The molecule has 1 aliphatic rings. The number of rotatable bonds is 2. The van der Waals surface area contributed by atoms with Gasteiger partial charge in [-0.2, -0.15) is 0 Å². The quantitative estimate of drug-likeness (QED) is 0.559. The third-order valence-electron chi connectivity index (χ3n) is 2.01. The fraction of sp³-hybridized carbons (Fsp3) is 0.857. The van der Waals surface area contributed by atoms with Crippen LogP contribution in [0.25, 0.3) is 0 Å².